The fraction of sp³-hybridized carbons (Fsp3) is 0.500. The van der Waals surface area contributed by atoms with E-state index in [2.05, 4.69) is 50.7 Å². The molecule has 2 aromatic carbocycles. The van der Waals surface area contributed by atoms with Crippen molar-refractivity contribution in [3.63, 3.8) is 0 Å². The van der Waals surface area contributed by atoms with Crippen LogP contribution in [-0.2, 0) is 4.12 Å². The summed E-state index contributed by atoms with van der Waals surface area (Å²) in [4.78, 5) is 0. The van der Waals surface area contributed by atoms with Crippen LogP contribution >= 0.6 is 0 Å². The summed E-state index contributed by atoms with van der Waals surface area (Å²) < 4.78 is 20.2. The molecule has 0 saturated heterocycles. The highest BCUT2D eigenvalue weighted by Gasteiger charge is 2.50. The SMILES string of the molecule is CCC(Oc1cccc(NC)c1)[Si](C)(O[Si](C)(C)C)C(CC)Oc1cccc(NC)c1. The Bertz CT molecular complexity index is 769. The van der Waals surface area contributed by atoms with Crippen LogP contribution < -0.4 is 20.1 Å². The van der Waals surface area contributed by atoms with Gasteiger partial charge in [0.2, 0.25) is 0 Å². The first-order valence-electron chi connectivity index (χ1n) is 11.2. The van der Waals surface area contributed by atoms with Crippen LogP contribution in [0.5, 0.6) is 11.5 Å². The van der Waals surface area contributed by atoms with Gasteiger partial charge in [-0.15, -0.1) is 0 Å². The van der Waals surface area contributed by atoms with E-state index in [1.54, 1.807) is 0 Å². The number of rotatable bonds is 12. The van der Waals surface area contributed by atoms with Crippen molar-refractivity contribution in [2.75, 3.05) is 24.7 Å². The lowest BCUT2D eigenvalue weighted by Crippen LogP contribution is -2.64. The smallest absolute Gasteiger partial charge is 0.261 e. The molecule has 0 amide bonds. The van der Waals surface area contributed by atoms with Crippen LogP contribution in [0.3, 0.4) is 0 Å². The van der Waals surface area contributed by atoms with E-state index in [1.807, 2.05) is 62.6 Å². The second-order valence-corrected chi connectivity index (χ2v) is 17.7. The van der Waals surface area contributed by atoms with Gasteiger partial charge in [-0.2, -0.15) is 0 Å². The summed E-state index contributed by atoms with van der Waals surface area (Å²) >= 11 is 0. The lowest BCUT2D eigenvalue weighted by molar-refractivity contribution is 0.189. The average molecular weight is 461 g/mol. The molecule has 0 bridgehead atoms. The minimum absolute atomic E-state index is 0.0243. The van der Waals surface area contributed by atoms with Crippen molar-refractivity contribution in [2.45, 2.75) is 64.3 Å². The second-order valence-electron chi connectivity index (χ2n) is 8.98. The first-order chi connectivity index (χ1) is 14.6. The van der Waals surface area contributed by atoms with Gasteiger partial charge in [-0.3, -0.25) is 0 Å². The van der Waals surface area contributed by atoms with E-state index in [0.29, 0.717) is 0 Å². The predicted octanol–water partition coefficient (Wildman–Crippen LogP) is 6.29. The molecule has 5 nitrogen and oxygen atoms in total. The van der Waals surface area contributed by atoms with Crippen LogP contribution in [0.15, 0.2) is 48.5 Å². The lowest BCUT2D eigenvalue weighted by atomic mass is 10.3. The molecular weight excluding hydrogens is 420 g/mol. The molecule has 2 unspecified atom stereocenters. The third-order valence-corrected chi connectivity index (χ3v) is 13.2. The predicted molar refractivity (Wildman–Crippen MR) is 137 cm³/mol. The Labute approximate surface area is 190 Å². The van der Waals surface area contributed by atoms with Gasteiger partial charge < -0.3 is 24.2 Å². The van der Waals surface area contributed by atoms with Crippen LogP contribution in [0.2, 0.25) is 26.2 Å². The van der Waals surface area contributed by atoms with Crippen molar-refractivity contribution >= 4 is 28.0 Å². The number of anilines is 2. The summed E-state index contributed by atoms with van der Waals surface area (Å²) in [7, 11) is -0.491. The zero-order valence-electron chi connectivity index (χ0n) is 20.4. The summed E-state index contributed by atoms with van der Waals surface area (Å²) in [6.45, 7) is 13.4. The van der Waals surface area contributed by atoms with Crippen LogP contribution in [0.1, 0.15) is 26.7 Å². The molecule has 0 aliphatic carbocycles. The Hall–Kier alpha value is -1.97. The Kier molecular flexibility index (Phi) is 9.03. The summed E-state index contributed by atoms with van der Waals surface area (Å²) in [6.07, 6.45) is 1.74. The maximum Gasteiger partial charge on any atom is 0.261 e. The zero-order chi connectivity index (χ0) is 23.1. The van der Waals surface area contributed by atoms with Crippen molar-refractivity contribution in [2.24, 2.45) is 0 Å². The molecule has 2 aromatic rings. The molecule has 2 rings (SSSR count). The van der Waals surface area contributed by atoms with Gasteiger partial charge in [0.1, 0.15) is 23.0 Å². The molecule has 0 aliphatic rings. The largest absolute Gasteiger partial charge is 0.491 e. The molecule has 0 heterocycles. The van der Waals surface area contributed by atoms with Gasteiger partial charge in [-0.25, -0.2) is 0 Å². The number of hydrogen-bond donors (Lipinski definition) is 2. The maximum absolute atomic E-state index is 6.99. The first-order valence-corrected chi connectivity index (χ1v) is 17.2. The minimum Gasteiger partial charge on any atom is -0.491 e. The van der Waals surface area contributed by atoms with Crippen LogP contribution in [0.25, 0.3) is 0 Å². The Morgan fingerprint density at radius 3 is 1.48 bits per heavy atom. The van der Waals surface area contributed by atoms with E-state index in [1.165, 1.54) is 0 Å². The quantitative estimate of drug-likeness (QED) is 0.365. The molecule has 0 aliphatic heterocycles. The molecule has 0 aromatic heterocycles. The van der Waals surface area contributed by atoms with Crippen molar-refractivity contribution in [3.8, 4) is 11.5 Å². The van der Waals surface area contributed by atoms with Crippen LogP contribution in [0.4, 0.5) is 11.4 Å². The molecule has 0 radical (unpaired) electrons. The molecule has 172 valence electrons. The monoisotopic (exact) mass is 460 g/mol. The Morgan fingerprint density at radius 2 is 1.16 bits per heavy atom. The zero-order valence-corrected chi connectivity index (χ0v) is 22.4. The van der Waals surface area contributed by atoms with Gasteiger partial charge in [0.05, 0.1) is 0 Å². The second kappa shape index (κ2) is 11.1. The number of hydrogen-bond acceptors (Lipinski definition) is 5. The van der Waals surface area contributed by atoms with E-state index < -0.39 is 16.6 Å². The molecule has 0 spiro atoms. The van der Waals surface area contributed by atoms with Crippen LogP contribution in [0, 0.1) is 0 Å². The normalized spacial score (nSPS) is 15.5. The third kappa shape index (κ3) is 7.02. The molecule has 7 heteroatoms. The summed E-state index contributed by atoms with van der Waals surface area (Å²) in [6, 6.07) is 16.2. The fourth-order valence-electron chi connectivity index (χ4n) is 3.99. The van der Waals surface area contributed by atoms with Gasteiger partial charge in [0.15, 0.2) is 8.32 Å². The molecular formula is C24H40N2O3Si2. The van der Waals surface area contributed by atoms with Gasteiger partial charge in [-0.1, -0.05) is 26.0 Å². The van der Waals surface area contributed by atoms with Gasteiger partial charge >= 0.3 is 0 Å². The van der Waals surface area contributed by atoms with Gasteiger partial charge in [0.25, 0.3) is 8.32 Å². The van der Waals surface area contributed by atoms with E-state index in [9.17, 15) is 0 Å². The summed E-state index contributed by atoms with van der Waals surface area (Å²) in [5.41, 5.74) is 2.02. The van der Waals surface area contributed by atoms with E-state index in [-0.39, 0.29) is 11.5 Å². The van der Waals surface area contributed by atoms with Crippen molar-refractivity contribution in [3.05, 3.63) is 48.5 Å². The molecule has 2 N–H and O–H groups in total. The molecule has 0 saturated carbocycles. The lowest BCUT2D eigenvalue weighted by Gasteiger charge is -2.44. The van der Waals surface area contributed by atoms with E-state index >= 15 is 0 Å². The number of ether oxygens (including phenoxy) is 2. The number of benzene rings is 2. The highest BCUT2D eigenvalue weighted by molar-refractivity contribution is 6.86. The Balaban J connectivity index is 2.40. The van der Waals surface area contributed by atoms with Crippen molar-refractivity contribution in [1.82, 2.24) is 0 Å². The summed E-state index contributed by atoms with van der Waals surface area (Å²) in [5.74, 6) is 1.73. The van der Waals surface area contributed by atoms with E-state index in [0.717, 1.165) is 35.7 Å². The Morgan fingerprint density at radius 1 is 0.742 bits per heavy atom. The molecule has 0 fully saturated rings. The summed E-state index contributed by atoms with van der Waals surface area (Å²) in [5, 5.41) is 6.38. The van der Waals surface area contributed by atoms with Crippen molar-refractivity contribution < 1.29 is 13.6 Å². The first kappa shape index (κ1) is 25.3. The van der Waals surface area contributed by atoms with E-state index in [4.69, 9.17) is 13.6 Å². The highest BCUT2D eigenvalue weighted by Crippen LogP contribution is 2.32. The number of nitrogens with one attached hydrogen (secondary N) is 2. The standard InChI is InChI=1S/C24H40N2O3Si2/c1-9-23(27-21-15-11-13-19(17-21)25-3)31(8,29-30(5,6)7)24(10-2)28-22-16-12-14-20(18-22)26-4/h11-18,23-26H,9-10H2,1-8H3. The highest BCUT2D eigenvalue weighted by atomic mass is 28.4. The topological polar surface area (TPSA) is 51.8 Å². The minimum atomic E-state index is -2.49. The maximum atomic E-state index is 6.99. The van der Waals surface area contributed by atoms with Crippen LogP contribution in [-0.4, -0.2) is 42.2 Å². The average Bonchev–Trinajstić information content (AvgIpc) is 2.74. The van der Waals surface area contributed by atoms with Crippen molar-refractivity contribution in [1.29, 1.82) is 0 Å². The molecule has 2 atom stereocenters. The molecule has 31 heavy (non-hydrogen) atoms. The van der Waals surface area contributed by atoms with Gasteiger partial charge in [0, 0.05) is 37.6 Å². The fourth-order valence-corrected chi connectivity index (χ4v) is 13.1. The van der Waals surface area contributed by atoms with Gasteiger partial charge in [-0.05, 0) is 63.3 Å². The third-order valence-electron chi connectivity index (χ3n) is 5.35.